The molecule has 4 nitrogen and oxygen atoms in total. The summed E-state index contributed by atoms with van der Waals surface area (Å²) in [5.41, 5.74) is 0. The molecule has 0 radical (unpaired) electrons. The van der Waals surface area contributed by atoms with Gasteiger partial charge in [0.25, 0.3) is 0 Å². The molecule has 0 saturated heterocycles. The van der Waals surface area contributed by atoms with Crippen molar-refractivity contribution in [1.82, 2.24) is 0 Å². The number of hydrogen-bond acceptors (Lipinski definition) is 4. The summed E-state index contributed by atoms with van der Waals surface area (Å²) in [7, 11) is 0. The average Bonchev–Trinajstić information content (AvgIpc) is 3.08. The van der Waals surface area contributed by atoms with Crippen LogP contribution in [0.4, 0.5) is 0 Å². The lowest BCUT2D eigenvalue weighted by Crippen LogP contribution is -2.30. The Bertz CT molecular complexity index is 391. The van der Waals surface area contributed by atoms with E-state index in [9.17, 15) is 4.79 Å². The van der Waals surface area contributed by atoms with Crippen molar-refractivity contribution in [2.75, 3.05) is 6.61 Å². The third-order valence-corrected chi connectivity index (χ3v) is 2.57. The molecular weight excluding hydrogens is 244 g/mol. The van der Waals surface area contributed by atoms with E-state index in [0.29, 0.717) is 0 Å². The predicted molar refractivity (Wildman–Crippen MR) is 71.3 cm³/mol. The lowest BCUT2D eigenvalue weighted by molar-refractivity contribution is -0.189. The van der Waals surface area contributed by atoms with Crippen LogP contribution in [0.1, 0.15) is 0 Å². The summed E-state index contributed by atoms with van der Waals surface area (Å²) in [5.74, 6) is -0.493. The van der Waals surface area contributed by atoms with Crippen LogP contribution >= 0.6 is 0 Å². The fraction of sp³-hybridized carbons (Fsp3) is 0.267. The highest BCUT2D eigenvalue weighted by Gasteiger charge is 2.20. The van der Waals surface area contributed by atoms with E-state index in [1.165, 1.54) is 0 Å². The molecule has 2 rings (SSSR count). The lowest BCUT2D eigenvalue weighted by atomic mass is 10.4. The molecule has 0 atom stereocenters. The number of esters is 1. The van der Waals surface area contributed by atoms with Gasteiger partial charge in [0.2, 0.25) is 0 Å². The highest BCUT2D eigenvalue weighted by Crippen LogP contribution is 2.14. The van der Waals surface area contributed by atoms with Crippen molar-refractivity contribution < 1.29 is 19.0 Å². The molecule has 0 unspecified atom stereocenters. The van der Waals surface area contributed by atoms with Gasteiger partial charge in [-0.1, -0.05) is 55.2 Å². The Morgan fingerprint density at radius 1 is 1.05 bits per heavy atom. The van der Waals surface area contributed by atoms with E-state index in [4.69, 9.17) is 14.2 Å². The van der Waals surface area contributed by atoms with Gasteiger partial charge in [0.05, 0.1) is 12.2 Å². The molecular formula is C15H16O4. The Morgan fingerprint density at radius 2 is 1.53 bits per heavy atom. The van der Waals surface area contributed by atoms with E-state index in [0.717, 1.165) is 6.08 Å². The highest BCUT2D eigenvalue weighted by molar-refractivity contribution is 5.81. The normalized spacial score (nSPS) is 17.7. The zero-order valence-corrected chi connectivity index (χ0v) is 10.5. The van der Waals surface area contributed by atoms with Crippen LogP contribution in [0.15, 0.2) is 61.3 Å². The largest absolute Gasteiger partial charge is 0.457 e. The Hall–Kier alpha value is -1.91. The van der Waals surface area contributed by atoms with E-state index in [2.05, 4.69) is 6.58 Å². The van der Waals surface area contributed by atoms with Crippen LogP contribution in [0.3, 0.4) is 0 Å². The smallest absolute Gasteiger partial charge is 0.330 e. The molecule has 0 spiro atoms. The Kier molecular flexibility index (Phi) is 4.89. The fourth-order valence-electron chi connectivity index (χ4n) is 1.67. The van der Waals surface area contributed by atoms with Crippen LogP contribution in [0, 0.1) is 0 Å². The number of ether oxygens (including phenoxy) is 3. The first-order chi connectivity index (χ1) is 9.28. The van der Waals surface area contributed by atoms with E-state index in [1.807, 2.05) is 48.6 Å². The molecule has 0 amide bonds. The number of rotatable bonds is 7. The molecule has 0 saturated carbocycles. The van der Waals surface area contributed by atoms with E-state index >= 15 is 0 Å². The van der Waals surface area contributed by atoms with Gasteiger partial charge in [-0.2, -0.15) is 0 Å². The topological polar surface area (TPSA) is 44.8 Å². The molecule has 0 aliphatic heterocycles. The Balaban J connectivity index is 1.87. The maximum atomic E-state index is 11.1. The zero-order valence-electron chi connectivity index (χ0n) is 10.5. The van der Waals surface area contributed by atoms with Gasteiger partial charge in [-0.25, -0.2) is 4.79 Å². The van der Waals surface area contributed by atoms with Crippen molar-refractivity contribution >= 4 is 5.97 Å². The summed E-state index contributed by atoms with van der Waals surface area (Å²) in [6.45, 7) is 3.37. The monoisotopic (exact) mass is 260 g/mol. The van der Waals surface area contributed by atoms with Crippen LogP contribution in [0.5, 0.6) is 0 Å². The van der Waals surface area contributed by atoms with Crippen molar-refractivity contribution in [3.8, 4) is 0 Å². The Labute approximate surface area is 112 Å². The van der Waals surface area contributed by atoms with Gasteiger partial charge in [0.15, 0.2) is 6.29 Å². The van der Waals surface area contributed by atoms with Crippen molar-refractivity contribution in [3.05, 3.63) is 61.3 Å². The van der Waals surface area contributed by atoms with E-state index < -0.39 is 12.3 Å². The van der Waals surface area contributed by atoms with Gasteiger partial charge in [-0.3, -0.25) is 0 Å². The molecule has 19 heavy (non-hydrogen) atoms. The molecule has 100 valence electrons. The van der Waals surface area contributed by atoms with Gasteiger partial charge in [-0.15, -0.1) is 0 Å². The summed E-state index contributed by atoms with van der Waals surface area (Å²) in [4.78, 5) is 11.1. The molecule has 0 aromatic heterocycles. The second kappa shape index (κ2) is 6.87. The maximum absolute atomic E-state index is 11.1. The first-order valence-electron chi connectivity index (χ1n) is 6.08. The molecule has 2 aliphatic carbocycles. The standard InChI is InChI=1S/C15H16O4/c1-2-14(16)17-11-15(18-12-7-3-4-8-12)19-13-9-5-6-10-13/h2-10,12-13,15H,1,11H2. The number of carbonyl (C=O) groups excluding carboxylic acids is 1. The van der Waals surface area contributed by atoms with Crippen molar-refractivity contribution in [2.24, 2.45) is 0 Å². The first-order valence-corrected chi connectivity index (χ1v) is 6.08. The third-order valence-electron chi connectivity index (χ3n) is 2.57. The SMILES string of the molecule is C=CC(=O)OCC(OC1C=CC=C1)OC1C=CC=C1. The summed E-state index contributed by atoms with van der Waals surface area (Å²) < 4.78 is 16.4. The second-order valence-corrected chi connectivity index (χ2v) is 4.00. The predicted octanol–water partition coefficient (Wildman–Crippen LogP) is 2.06. The van der Waals surface area contributed by atoms with Crippen LogP contribution in [0.25, 0.3) is 0 Å². The molecule has 0 N–H and O–H groups in total. The second-order valence-electron chi connectivity index (χ2n) is 4.00. The van der Waals surface area contributed by atoms with Crippen molar-refractivity contribution in [3.63, 3.8) is 0 Å². The summed E-state index contributed by atoms with van der Waals surface area (Å²) >= 11 is 0. The van der Waals surface area contributed by atoms with Gasteiger partial charge in [0.1, 0.15) is 6.61 Å². The molecule has 0 aromatic carbocycles. The van der Waals surface area contributed by atoms with Crippen LogP contribution in [-0.2, 0) is 19.0 Å². The maximum Gasteiger partial charge on any atom is 0.330 e. The third kappa shape index (κ3) is 4.35. The minimum atomic E-state index is -0.626. The van der Waals surface area contributed by atoms with Gasteiger partial charge in [0, 0.05) is 6.08 Å². The summed E-state index contributed by atoms with van der Waals surface area (Å²) in [5, 5.41) is 0. The van der Waals surface area contributed by atoms with Crippen molar-refractivity contribution in [2.45, 2.75) is 18.5 Å². The molecule has 4 heteroatoms. The number of allylic oxidation sites excluding steroid dienone is 4. The summed E-state index contributed by atoms with van der Waals surface area (Å²) in [6, 6.07) is 0. The quantitative estimate of drug-likeness (QED) is 0.399. The Morgan fingerprint density at radius 3 is 1.95 bits per heavy atom. The minimum Gasteiger partial charge on any atom is -0.457 e. The molecule has 0 fully saturated rings. The molecule has 2 aliphatic rings. The fourth-order valence-corrected chi connectivity index (χ4v) is 1.67. The number of hydrogen-bond donors (Lipinski definition) is 0. The van der Waals surface area contributed by atoms with Crippen LogP contribution in [-0.4, -0.2) is 31.1 Å². The zero-order chi connectivity index (χ0) is 13.5. The first kappa shape index (κ1) is 13.5. The molecule has 0 aromatic rings. The number of carbonyl (C=O) groups is 1. The molecule has 0 heterocycles. The van der Waals surface area contributed by atoms with Crippen molar-refractivity contribution in [1.29, 1.82) is 0 Å². The average molecular weight is 260 g/mol. The minimum absolute atomic E-state index is 0.0290. The summed E-state index contributed by atoms with van der Waals surface area (Å²) in [6.07, 6.45) is 15.3. The van der Waals surface area contributed by atoms with E-state index in [-0.39, 0.29) is 18.8 Å². The molecule has 0 bridgehead atoms. The van der Waals surface area contributed by atoms with Gasteiger partial charge in [-0.05, 0) is 0 Å². The van der Waals surface area contributed by atoms with Crippen LogP contribution < -0.4 is 0 Å². The van der Waals surface area contributed by atoms with Gasteiger partial charge >= 0.3 is 5.97 Å². The lowest BCUT2D eigenvalue weighted by Gasteiger charge is -2.22. The highest BCUT2D eigenvalue weighted by atomic mass is 16.7. The van der Waals surface area contributed by atoms with Gasteiger partial charge < -0.3 is 14.2 Å². The van der Waals surface area contributed by atoms with Crippen LogP contribution in [0.2, 0.25) is 0 Å². The van der Waals surface area contributed by atoms with E-state index in [1.54, 1.807) is 0 Å².